The van der Waals surface area contributed by atoms with Gasteiger partial charge in [0.15, 0.2) is 6.61 Å². The van der Waals surface area contributed by atoms with Gasteiger partial charge in [-0.05, 0) is 41.6 Å². The molecule has 0 atom stereocenters. The molecule has 0 aliphatic heterocycles. The van der Waals surface area contributed by atoms with Gasteiger partial charge < -0.3 is 13.9 Å². The number of carbonyl (C=O) groups is 1. The van der Waals surface area contributed by atoms with Crippen LogP contribution in [0.25, 0.3) is 10.8 Å². The minimum absolute atomic E-state index is 0.0667. The number of esters is 1. The highest BCUT2D eigenvalue weighted by Gasteiger charge is 2.13. The molecule has 0 N–H and O–H groups in total. The zero-order valence-corrected chi connectivity index (χ0v) is 14.8. The maximum absolute atomic E-state index is 12.1. The van der Waals surface area contributed by atoms with Crippen molar-refractivity contribution in [3.05, 3.63) is 53.2 Å². The molecule has 0 unspecified atom stereocenters. The first-order valence-electron chi connectivity index (χ1n) is 7.88. The van der Waals surface area contributed by atoms with E-state index < -0.39 is 5.97 Å². The first-order valence-corrected chi connectivity index (χ1v) is 8.76. The zero-order chi connectivity index (χ0) is 17.6. The average Bonchev–Trinajstić information content (AvgIpc) is 3.29. The number of ether oxygens (including phenoxy) is 2. The smallest absolute Gasteiger partial charge is 0.338 e. The van der Waals surface area contributed by atoms with Crippen LogP contribution in [0.1, 0.15) is 30.1 Å². The second-order valence-electron chi connectivity index (χ2n) is 5.78. The molecule has 25 heavy (non-hydrogen) atoms. The first-order chi connectivity index (χ1) is 12.1. The van der Waals surface area contributed by atoms with Gasteiger partial charge in [0.2, 0.25) is 0 Å². The van der Waals surface area contributed by atoms with Crippen molar-refractivity contribution in [2.24, 2.45) is 5.92 Å². The molecular weight excluding hydrogens is 340 g/mol. The van der Waals surface area contributed by atoms with Crippen molar-refractivity contribution in [1.29, 1.82) is 0 Å². The third-order valence-electron chi connectivity index (χ3n) is 3.20. The van der Waals surface area contributed by atoms with Crippen molar-refractivity contribution < 1.29 is 18.7 Å². The van der Waals surface area contributed by atoms with Crippen LogP contribution in [0, 0.1) is 5.92 Å². The Morgan fingerprint density at radius 2 is 2.00 bits per heavy atom. The third kappa shape index (κ3) is 4.67. The molecule has 3 rings (SSSR count). The zero-order valence-electron chi connectivity index (χ0n) is 14.0. The maximum atomic E-state index is 12.1. The number of rotatable bonds is 7. The summed E-state index contributed by atoms with van der Waals surface area (Å²) in [4.78, 5) is 13.0. The largest absolute Gasteiger partial charge is 0.493 e. The van der Waals surface area contributed by atoms with E-state index in [2.05, 4.69) is 24.0 Å². The minimum atomic E-state index is -0.453. The molecule has 0 spiro atoms. The van der Waals surface area contributed by atoms with Gasteiger partial charge in [0.05, 0.1) is 17.0 Å². The van der Waals surface area contributed by atoms with Gasteiger partial charge in [-0.25, -0.2) is 4.79 Å². The normalized spacial score (nSPS) is 10.8. The average molecular weight is 358 g/mol. The van der Waals surface area contributed by atoms with Crippen LogP contribution in [0.15, 0.2) is 46.2 Å². The Hall–Kier alpha value is -2.67. The summed E-state index contributed by atoms with van der Waals surface area (Å²) in [5.74, 6) is 1.40. The molecule has 0 amide bonds. The minimum Gasteiger partial charge on any atom is -0.493 e. The van der Waals surface area contributed by atoms with Crippen LogP contribution >= 0.6 is 11.3 Å². The van der Waals surface area contributed by atoms with Crippen molar-refractivity contribution in [1.82, 2.24) is 10.2 Å². The van der Waals surface area contributed by atoms with E-state index in [4.69, 9.17) is 13.9 Å². The van der Waals surface area contributed by atoms with Gasteiger partial charge in [-0.3, -0.25) is 0 Å². The van der Waals surface area contributed by atoms with E-state index in [-0.39, 0.29) is 12.5 Å². The standard InChI is InChI=1S/C18H18N2O4S/c1-12(2)10-22-14-7-5-13(6-8-14)18(21)23-11-16-19-20-17(24-16)15-4-3-9-25-15/h3-9,12H,10-11H2,1-2H3. The fourth-order valence-corrected chi connectivity index (χ4v) is 2.62. The number of nitrogens with zero attached hydrogens (tertiary/aromatic N) is 2. The van der Waals surface area contributed by atoms with Crippen LogP contribution in [0.2, 0.25) is 0 Å². The van der Waals surface area contributed by atoms with Crippen LogP contribution in [0.5, 0.6) is 5.75 Å². The second kappa shape index (κ2) is 7.94. The quantitative estimate of drug-likeness (QED) is 0.590. The molecule has 0 bridgehead atoms. The molecule has 0 radical (unpaired) electrons. The monoisotopic (exact) mass is 358 g/mol. The number of carbonyl (C=O) groups excluding carboxylic acids is 1. The summed E-state index contributed by atoms with van der Waals surface area (Å²) in [7, 11) is 0. The fourth-order valence-electron chi connectivity index (χ4n) is 1.97. The van der Waals surface area contributed by atoms with Gasteiger partial charge in [0, 0.05) is 0 Å². The van der Waals surface area contributed by atoms with Gasteiger partial charge in [-0.2, -0.15) is 0 Å². The van der Waals surface area contributed by atoms with E-state index in [0.29, 0.717) is 24.0 Å². The number of hydrogen-bond acceptors (Lipinski definition) is 7. The van der Waals surface area contributed by atoms with Crippen molar-refractivity contribution in [3.8, 4) is 16.5 Å². The molecule has 1 aromatic carbocycles. The Labute approximate surface area is 149 Å². The van der Waals surface area contributed by atoms with Crippen LogP contribution in [0.3, 0.4) is 0 Å². The van der Waals surface area contributed by atoms with E-state index in [1.54, 1.807) is 24.3 Å². The van der Waals surface area contributed by atoms with Crippen LogP contribution in [-0.4, -0.2) is 22.8 Å². The summed E-state index contributed by atoms with van der Waals surface area (Å²) in [5, 5.41) is 9.75. The summed E-state index contributed by atoms with van der Waals surface area (Å²) in [6.45, 7) is 4.72. The lowest BCUT2D eigenvalue weighted by Crippen LogP contribution is -2.07. The molecule has 2 heterocycles. The predicted molar refractivity (Wildman–Crippen MR) is 93.5 cm³/mol. The molecular formula is C18H18N2O4S. The Bertz CT molecular complexity index is 810. The lowest BCUT2D eigenvalue weighted by Gasteiger charge is -2.09. The molecule has 0 saturated carbocycles. The summed E-state index contributed by atoms with van der Waals surface area (Å²) in [6.07, 6.45) is 0. The Balaban J connectivity index is 1.54. The van der Waals surface area contributed by atoms with Gasteiger partial charge in [-0.15, -0.1) is 21.5 Å². The number of thiophene rings is 1. The lowest BCUT2D eigenvalue weighted by atomic mass is 10.2. The lowest BCUT2D eigenvalue weighted by molar-refractivity contribution is 0.0438. The molecule has 2 aromatic heterocycles. The molecule has 7 heteroatoms. The summed E-state index contributed by atoms with van der Waals surface area (Å²) >= 11 is 1.50. The molecule has 0 saturated heterocycles. The highest BCUT2D eigenvalue weighted by molar-refractivity contribution is 7.13. The van der Waals surface area contributed by atoms with Crippen LogP contribution in [-0.2, 0) is 11.3 Å². The Kier molecular flexibility index (Phi) is 5.45. The molecule has 0 aliphatic carbocycles. The van der Waals surface area contributed by atoms with Gasteiger partial charge in [-0.1, -0.05) is 19.9 Å². The Morgan fingerprint density at radius 3 is 2.68 bits per heavy atom. The topological polar surface area (TPSA) is 74.5 Å². The van der Waals surface area contributed by atoms with Crippen LogP contribution in [0.4, 0.5) is 0 Å². The van der Waals surface area contributed by atoms with Crippen LogP contribution < -0.4 is 4.74 Å². The number of hydrogen-bond donors (Lipinski definition) is 0. The summed E-state index contributed by atoms with van der Waals surface area (Å²) < 4.78 is 16.3. The second-order valence-corrected chi connectivity index (χ2v) is 6.73. The van der Waals surface area contributed by atoms with Crippen molar-refractivity contribution in [3.63, 3.8) is 0 Å². The van der Waals surface area contributed by atoms with Gasteiger partial charge in [0.1, 0.15) is 5.75 Å². The fraction of sp³-hybridized carbons (Fsp3) is 0.278. The summed E-state index contributed by atoms with van der Waals surface area (Å²) in [6, 6.07) is 10.6. The number of aromatic nitrogens is 2. The summed E-state index contributed by atoms with van der Waals surface area (Å²) in [5.41, 5.74) is 0.440. The molecule has 0 aliphatic rings. The van der Waals surface area contributed by atoms with E-state index >= 15 is 0 Å². The molecule has 6 nitrogen and oxygen atoms in total. The van der Waals surface area contributed by atoms with Gasteiger partial charge in [0.25, 0.3) is 11.8 Å². The van der Waals surface area contributed by atoms with E-state index in [0.717, 1.165) is 10.6 Å². The highest BCUT2D eigenvalue weighted by atomic mass is 32.1. The number of benzene rings is 1. The van der Waals surface area contributed by atoms with Crippen molar-refractivity contribution >= 4 is 17.3 Å². The van der Waals surface area contributed by atoms with E-state index in [1.807, 2.05) is 17.5 Å². The van der Waals surface area contributed by atoms with Crippen molar-refractivity contribution in [2.45, 2.75) is 20.5 Å². The van der Waals surface area contributed by atoms with Crippen molar-refractivity contribution in [2.75, 3.05) is 6.61 Å². The third-order valence-corrected chi connectivity index (χ3v) is 4.06. The van der Waals surface area contributed by atoms with E-state index in [1.165, 1.54) is 11.3 Å². The Morgan fingerprint density at radius 1 is 1.20 bits per heavy atom. The molecule has 0 fully saturated rings. The molecule has 130 valence electrons. The SMILES string of the molecule is CC(C)COc1ccc(C(=O)OCc2nnc(-c3cccs3)o2)cc1. The predicted octanol–water partition coefficient (Wildman–Crippen LogP) is 4.19. The maximum Gasteiger partial charge on any atom is 0.338 e. The highest BCUT2D eigenvalue weighted by Crippen LogP contribution is 2.23. The molecule has 3 aromatic rings. The van der Waals surface area contributed by atoms with Gasteiger partial charge >= 0.3 is 5.97 Å². The van der Waals surface area contributed by atoms with E-state index in [9.17, 15) is 4.79 Å². The first kappa shape index (κ1) is 17.2.